The van der Waals surface area contributed by atoms with Crippen LogP contribution in [0.15, 0.2) is 140 Å². The van der Waals surface area contributed by atoms with E-state index in [1.165, 1.54) is 18.6 Å². The van der Waals surface area contributed by atoms with Gasteiger partial charge < -0.3 is 46.6 Å². The first kappa shape index (κ1) is 77.8. The van der Waals surface area contributed by atoms with Gasteiger partial charge in [0.05, 0.1) is 34.1 Å². The largest absolute Gasteiger partial charge is 0.347 e. The zero-order chi connectivity index (χ0) is 77.5. The van der Waals surface area contributed by atoms with E-state index in [9.17, 15) is 47.9 Å². The first-order valence-corrected chi connectivity index (χ1v) is 41.7. The fraction of sp³-hybridized carbons (Fsp3) is 0.488. The highest BCUT2D eigenvalue weighted by atomic mass is 32.1. The van der Waals surface area contributed by atoms with Crippen molar-refractivity contribution in [3.8, 4) is 32.0 Å². The predicted molar refractivity (Wildman–Crippen MR) is 422 cm³/mol. The van der Waals surface area contributed by atoms with Gasteiger partial charge in [-0.2, -0.15) is 0 Å². The standard InChI is InChI=1S/C50H48N6O4S2.C36H53N7O6/c57-45(37-23-24-37)53-43(35-9-3-1-4-10-35)49(59)55-27-7-13-39(55)47-51-29-41(61-47)33-19-15-31(16-20-33)32-17-21-34(22-18-32)42-30-52-48(62-42)40-14-8-28-56(40)50(60)44(36-11-5-2-6-12-36)54-46(58)38-25-26-38;1-5-10-25(29(44)34(48)39-23-15-16-23)40-33(47)28-24-14-9-13-22(24)20-43(28)35(49)30(36(2,3)4)42-32(46)27(21-11-7-6-8-12-21)41-31(45)26-19-37-17-18-38-26/h1-6,9-12,15-22,29-30,37-40,43-44H,7-8,13-14,23-28H2,(H,53,57)(H,54,58);17-19,21-25,27-28,30H,5-16,20H2,1-4H3,(H,39,48)(H,40,47)(H,41,45)(H,42,46)/t39-,40-,43+,44+;22-,24-,25-,27-,28-,30+/m00/s1. The van der Waals surface area contributed by atoms with Crippen LogP contribution in [-0.2, 0) is 43.2 Å². The van der Waals surface area contributed by atoms with Crippen LogP contribution in [-0.4, -0.2) is 143 Å². The lowest BCUT2D eigenvalue weighted by atomic mass is 9.82. The van der Waals surface area contributed by atoms with Crippen molar-refractivity contribution in [1.29, 1.82) is 0 Å². The highest BCUT2D eigenvalue weighted by Gasteiger charge is 2.53. The van der Waals surface area contributed by atoms with Crippen LogP contribution in [0.4, 0.5) is 0 Å². The molecule has 6 N–H and O–H groups in total. The molecular weight excluding hydrogens is 1440 g/mol. The number of amides is 9. The molecule has 25 heteroatoms. The van der Waals surface area contributed by atoms with Crippen LogP contribution in [0.1, 0.15) is 212 Å². The Morgan fingerprint density at radius 2 is 1.04 bits per heavy atom. The molecule has 8 fully saturated rings. The van der Waals surface area contributed by atoms with Crippen LogP contribution >= 0.6 is 22.7 Å². The third kappa shape index (κ3) is 18.5. The number of aromatic nitrogens is 4. The maximum Gasteiger partial charge on any atom is 0.289 e. The summed E-state index contributed by atoms with van der Waals surface area (Å²) in [4.78, 5) is 161. The molecule has 9 amide bonds. The molecule has 3 saturated heterocycles. The van der Waals surface area contributed by atoms with E-state index in [1.54, 1.807) is 27.6 Å². The second-order valence-electron chi connectivity index (χ2n) is 32.4. The molecule has 0 radical (unpaired) electrons. The molecule has 0 unspecified atom stereocenters. The smallest absolute Gasteiger partial charge is 0.289 e. The summed E-state index contributed by atoms with van der Waals surface area (Å²) in [5.74, 6) is -3.42. The number of carbonyl (C=O) groups excluding carboxylic acids is 10. The van der Waals surface area contributed by atoms with Gasteiger partial charge in [0.1, 0.15) is 45.9 Å². The van der Waals surface area contributed by atoms with Gasteiger partial charge in [-0.25, -0.2) is 15.0 Å². The number of rotatable bonds is 26. The van der Waals surface area contributed by atoms with Gasteiger partial charge in [-0.15, -0.1) is 22.7 Å². The van der Waals surface area contributed by atoms with Crippen molar-refractivity contribution in [2.75, 3.05) is 19.6 Å². The van der Waals surface area contributed by atoms with Gasteiger partial charge >= 0.3 is 0 Å². The summed E-state index contributed by atoms with van der Waals surface area (Å²) in [5.41, 5.74) is 5.31. The minimum atomic E-state index is -0.994. The number of Topliss-reactive ketones (excluding diaryl/α,β-unsaturated/α-hetero) is 1. The van der Waals surface area contributed by atoms with Gasteiger partial charge in [0.15, 0.2) is 0 Å². The molecule has 10 atom stereocenters. The lowest BCUT2D eigenvalue weighted by Crippen LogP contribution is -2.62. The molecule has 23 nitrogen and oxygen atoms in total. The summed E-state index contributed by atoms with van der Waals surface area (Å²) in [5, 5.41) is 19.4. The van der Waals surface area contributed by atoms with Crippen molar-refractivity contribution in [3.63, 3.8) is 0 Å². The summed E-state index contributed by atoms with van der Waals surface area (Å²) in [7, 11) is 0. The van der Waals surface area contributed by atoms with Crippen LogP contribution in [0.2, 0.25) is 0 Å². The number of benzene rings is 4. The van der Waals surface area contributed by atoms with Gasteiger partial charge in [0.2, 0.25) is 47.1 Å². The van der Waals surface area contributed by atoms with Crippen LogP contribution in [0.5, 0.6) is 0 Å². The topological polar surface area (TPSA) is 304 Å². The van der Waals surface area contributed by atoms with E-state index < -0.39 is 71.1 Å². The Hall–Kier alpha value is -9.88. The Morgan fingerprint density at radius 1 is 0.505 bits per heavy atom. The van der Waals surface area contributed by atoms with Crippen LogP contribution in [0.25, 0.3) is 32.0 Å². The Labute approximate surface area is 656 Å². The van der Waals surface area contributed by atoms with Crippen molar-refractivity contribution in [2.45, 2.75) is 210 Å². The summed E-state index contributed by atoms with van der Waals surface area (Å²) in [6.07, 6.45) is 24.6. The van der Waals surface area contributed by atoms with E-state index >= 15 is 0 Å². The van der Waals surface area contributed by atoms with Gasteiger partial charge in [0, 0.05) is 62.3 Å². The van der Waals surface area contributed by atoms with Crippen LogP contribution in [0, 0.1) is 35.0 Å². The highest BCUT2D eigenvalue weighted by molar-refractivity contribution is 7.15. The number of hydrogen-bond acceptors (Lipinski definition) is 16. The first-order valence-electron chi connectivity index (χ1n) is 40.0. The monoisotopic (exact) mass is 1540 g/mol. The number of hydrogen-bond donors (Lipinski definition) is 6. The Bertz CT molecular complexity index is 4320. The minimum Gasteiger partial charge on any atom is -0.347 e. The molecular formula is C86H101N13O10S2. The molecule has 8 aliphatic rings. The van der Waals surface area contributed by atoms with Crippen molar-refractivity contribution in [1.82, 2.24) is 66.5 Å². The second-order valence-corrected chi connectivity index (χ2v) is 34.5. The van der Waals surface area contributed by atoms with E-state index in [4.69, 9.17) is 9.97 Å². The molecule has 3 aromatic heterocycles. The minimum absolute atomic E-state index is 0.0108. The third-order valence-corrected chi connectivity index (χ3v) is 25.6. The lowest BCUT2D eigenvalue weighted by Gasteiger charge is -2.38. The lowest BCUT2D eigenvalue weighted by molar-refractivity contribution is -0.146. The van der Waals surface area contributed by atoms with E-state index in [1.807, 2.05) is 111 Å². The van der Waals surface area contributed by atoms with Gasteiger partial charge in [-0.1, -0.05) is 169 Å². The maximum atomic E-state index is 14.6. The van der Waals surface area contributed by atoms with Gasteiger partial charge in [-0.3, -0.25) is 52.9 Å². The molecule has 7 aromatic rings. The molecule has 5 saturated carbocycles. The highest BCUT2D eigenvalue weighted by Crippen LogP contribution is 2.46. The number of nitrogens with zero attached hydrogens (tertiary/aromatic N) is 7. The number of likely N-dealkylation sites (tertiary alicyclic amines) is 3. The Kier molecular flexibility index (Phi) is 24.4. The van der Waals surface area contributed by atoms with Gasteiger partial charge in [-0.05, 0) is 153 Å². The predicted octanol–water partition coefficient (Wildman–Crippen LogP) is 11.9. The van der Waals surface area contributed by atoms with Crippen molar-refractivity contribution in [2.24, 2.45) is 35.0 Å². The number of thiazole rings is 2. The Balaban J connectivity index is 0.000000190. The summed E-state index contributed by atoms with van der Waals surface area (Å²) >= 11 is 3.25. The Morgan fingerprint density at radius 3 is 1.52 bits per heavy atom. The quantitative estimate of drug-likeness (QED) is 0.0275. The zero-order valence-corrected chi connectivity index (χ0v) is 65.3. The average molecular weight is 1540 g/mol. The number of nitrogens with one attached hydrogen (secondary N) is 6. The molecule has 4 aromatic carbocycles. The summed E-state index contributed by atoms with van der Waals surface area (Å²) in [6, 6.07) is 30.8. The van der Waals surface area contributed by atoms with E-state index in [-0.39, 0.29) is 82.9 Å². The normalized spacial score (nSPS) is 21.6. The van der Waals surface area contributed by atoms with Crippen molar-refractivity contribution in [3.05, 3.63) is 167 Å². The zero-order valence-electron chi connectivity index (χ0n) is 63.7. The summed E-state index contributed by atoms with van der Waals surface area (Å²) in [6.45, 7) is 9.12. The first-order chi connectivity index (χ1) is 53.8. The third-order valence-electron chi connectivity index (χ3n) is 23.3. The SMILES string of the molecule is CCC[C@H](NC(=O)[C@@H]1[C@H]2CCC[C@H]2CN1C(=O)[C@@H](NC(=O)[C@@H](NC(=O)c1cnccn1)C1CCCCC1)C(C)(C)C)C(=O)C(=O)NC1CC1.O=C(N[C@@H](C(=O)N1CCC[C@H]1c1ncc(-c2ccc(-c3ccc(-c4cnc([C@@H]5CCCN5C(=O)[C@H](NC(=O)C5CC5)c5ccccc5)s4)cc3)cc2)s1)c1ccccc1)C1CC1. The molecule has 15 rings (SSSR count). The van der Waals surface area contributed by atoms with Crippen LogP contribution < -0.4 is 31.9 Å². The van der Waals surface area contributed by atoms with Crippen molar-refractivity contribution < 1.29 is 47.9 Å². The molecule has 0 spiro atoms. The van der Waals surface area contributed by atoms with Crippen molar-refractivity contribution >= 4 is 81.6 Å². The van der Waals surface area contributed by atoms with E-state index in [2.05, 4.69) is 90.4 Å². The molecule has 582 valence electrons. The molecule has 111 heavy (non-hydrogen) atoms. The fourth-order valence-electron chi connectivity index (χ4n) is 16.7. The molecule has 5 aliphatic carbocycles. The number of fused-ring (bicyclic) bond motifs is 1. The number of carbonyl (C=O) groups is 10. The number of ketones is 1. The fourth-order valence-corrected chi connectivity index (χ4v) is 18.8. The maximum absolute atomic E-state index is 14.6. The molecule has 3 aliphatic heterocycles. The van der Waals surface area contributed by atoms with Crippen LogP contribution in [0.3, 0.4) is 0 Å². The van der Waals surface area contributed by atoms with E-state index in [0.29, 0.717) is 32.5 Å². The molecule has 6 heterocycles. The second kappa shape index (κ2) is 34.8. The average Bonchev–Trinajstić information content (AvgIpc) is 1.62. The molecule has 0 bridgehead atoms. The summed E-state index contributed by atoms with van der Waals surface area (Å²) < 4.78 is 0. The van der Waals surface area contributed by atoms with Gasteiger partial charge in [0.25, 0.3) is 11.8 Å². The van der Waals surface area contributed by atoms with E-state index in [0.717, 1.165) is 169 Å².